The Morgan fingerprint density at radius 2 is 1.94 bits per heavy atom. The topological polar surface area (TPSA) is 24.9 Å². The Hall–Kier alpha value is -1.57. The Bertz CT molecular complexity index is 532. The summed E-state index contributed by atoms with van der Waals surface area (Å²) in [6, 6.07) is 8.89. The summed E-state index contributed by atoms with van der Waals surface area (Å²) >= 11 is 0. The van der Waals surface area contributed by atoms with E-state index in [1.807, 2.05) is 0 Å². The molecule has 96 valence electrons. The van der Waals surface area contributed by atoms with E-state index in [9.17, 15) is 0 Å². The summed E-state index contributed by atoms with van der Waals surface area (Å²) in [5.41, 5.74) is 3.80. The van der Waals surface area contributed by atoms with Crippen molar-refractivity contribution in [2.45, 2.75) is 40.0 Å². The van der Waals surface area contributed by atoms with Gasteiger partial charge in [0, 0.05) is 11.9 Å². The molecule has 2 aromatic rings. The minimum Gasteiger partial charge on any atom is -0.370 e. The number of nitrogens with one attached hydrogen (secondary N) is 1. The van der Waals surface area contributed by atoms with E-state index in [-0.39, 0.29) is 0 Å². The van der Waals surface area contributed by atoms with Gasteiger partial charge >= 0.3 is 0 Å². The van der Waals surface area contributed by atoms with Crippen molar-refractivity contribution in [2.24, 2.45) is 0 Å². The Labute approximate surface area is 109 Å². The van der Waals surface area contributed by atoms with E-state index in [2.05, 4.69) is 50.4 Å². The number of rotatable bonds is 5. The summed E-state index contributed by atoms with van der Waals surface area (Å²) in [7, 11) is 0. The maximum Gasteiger partial charge on any atom is 0.129 e. The standard InChI is InChI=1S/C16H22N2/c1-4-7-12-8-9-15-14(10-12)11-13(5-2)16(18-15)17-6-3/h8-11H,4-7H2,1-3H3,(H,17,18). The van der Waals surface area contributed by atoms with Crippen LogP contribution >= 0.6 is 0 Å². The SMILES string of the molecule is CCCc1ccc2nc(NCC)c(CC)cc2c1. The van der Waals surface area contributed by atoms with Gasteiger partial charge in [-0.3, -0.25) is 0 Å². The van der Waals surface area contributed by atoms with Gasteiger partial charge in [0.25, 0.3) is 0 Å². The van der Waals surface area contributed by atoms with Crippen LogP contribution in [-0.4, -0.2) is 11.5 Å². The molecule has 1 aromatic heterocycles. The summed E-state index contributed by atoms with van der Waals surface area (Å²) in [6.07, 6.45) is 3.35. The van der Waals surface area contributed by atoms with Crippen LogP contribution in [0.3, 0.4) is 0 Å². The molecule has 0 aliphatic heterocycles. The van der Waals surface area contributed by atoms with Crippen LogP contribution < -0.4 is 5.32 Å². The first-order valence-electron chi connectivity index (χ1n) is 6.94. The molecule has 0 saturated carbocycles. The van der Waals surface area contributed by atoms with Crippen molar-refractivity contribution in [3.8, 4) is 0 Å². The second kappa shape index (κ2) is 5.85. The molecule has 0 bridgehead atoms. The van der Waals surface area contributed by atoms with Crippen molar-refractivity contribution < 1.29 is 0 Å². The quantitative estimate of drug-likeness (QED) is 0.850. The minimum absolute atomic E-state index is 0.916. The molecule has 1 heterocycles. The van der Waals surface area contributed by atoms with Gasteiger partial charge in [-0.25, -0.2) is 4.98 Å². The van der Waals surface area contributed by atoms with Gasteiger partial charge in [-0.1, -0.05) is 26.3 Å². The number of nitrogens with zero attached hydrogens (tertiary/aromatic N) is 1. The maximum atomic E-state index is 4.73. The van der Waals surface area contributed by atoms with Crippen LogP contribution in [0.1, 0.15) is 38.3 Å². The molecule has 0 unspecified atom stereocenters. The van der Waals surface area contributed by atoms with Crippen LogP contribution in [0.15, 0.2) is 24.3 Å². The van der Waals surface area contributed by atoms with Gasteiger partial charge < -0.3 is 5.32 Å². The average Bonchev–Trinajstić information content (AvgIpc) is 2.39. The zero-order chi connectivity index (χ0) is 13.0. The van der Waals surface area contributed by atoms with Gasteiger partial charge in [-0.15, -0.1) is 0 Å². The van der Waals surface area contributed by atoms with E-state index in [0.29, 0.717) is 0 Å². The number of pyridine rings is 1. The predicted octanol–water partition coefficient (Wildman–Crippen LogP) is 4.18. The summed E-state index contributed by atoms with van der Waals surface area (Å²) in [4.78, 5) is 4.73. The lowest BCUT2D eigenvalue weighted by molar-refractivity contribution is 0.923. The van der Waals surface area contributed by atoms with Gasteiger partial charge in [-0.05, 0) is 49.1 Å². The lowest BCUT2D eigenvalue weighted by Gasteiger charge is -2.11. The van der Waals surface area contributed by atoms with E-state index >= 15 is 0 Å². The average molecular weight is 242 g/mol. The third-order valence-corrected chi connectivity index (χ3v) is 3.22. The summed E-state index contributed by atoms with van der Waals surface area (Å²) < 4.78 is 0. The fraction of sp³-hybridized carbons (Fsp3) is 0.438. The number of anilines is 1. The van der Waals surface area contributed by atoms with Crippen molar-refractivity contribution in [3.05, 3.63) is 35.4 Å². The zero-order valence-corrected chi connectivity index (χ0v) is 11.6. The van der Waals surface area contributed by atoms with E-state index in [4.69, 9.17) is 4.98 Å². The molecule has 0 fully saturated rings. The number of hydrogen-bond acceptors (Lipinski definition) is 2. The van der Waals surface area contributed by atoms with Crippen molar-refractivity contribution in [1.82, 2.24) is 4.98 Å². The lowest BCUT2D eigenvalue weighted by atomic mass is 10.0. The predicted molar refractivity (Wildman–Crippen MR) is 79.3 cm³/mol. The Kier molecular flexibility index (Phi) is 4.19. The number of hydrogen-bond donors (Lipinski definition) is 1. The van der Waals surface area contributed by atoms with E-state index in [1.54, 1.807) is 0 Å². The van der Waals surface area contributed by atoms with Crippen molar-refractivity contribution in [1.29, 1.82) is 0 Å². The second-order valence-corrected chi connectivity index (χ2v) is 4.66. The second-order valence-electron chi connectivity index (χ2n) is 4.66. The summed E-state index contributed by atoms with van der Waals surface area (Å²) in [5, 5.41) is 4.61. The van der Waals surface area contributed by atoms with Crippen molar-refractivity contribution >= 4 is 16.7 Å². The molecule has 1 aromatic carbocycles. The zero-order valence-electron chi connectivity index (χ0n) is 11.6. The molecule has 2 heteroatoms. The van der Waals surface area contributed by atoms with Crippen molar-refractivity contribution in [2.75, 3.05) is 11.9 Å². The van der Waals surface area contributed by atoms with Crippen LogP contribution in [-0.2, 0) is 12.8 Å². The Morgan fingerprint density at radius 3 is 2.61 bits per heavy atom. The molecule has 0 aliphatic rings. The van der Waals surface area contributed by atoms with E-state index in [1.165, 1.54) is 22.9 Å². The molecule has 2 nitrogen and oxygen atoms in total. The molecule has 0 amide bonds. The number of aromatic nitrogens is 1. The van der Waals surface area contributed by atoms with Crippen LogP contribution in [0, 0.1) is 0 Å². The van der Waals surface area contributed by atoms with Gasteiger partial charge in [-0.2, -0.15) is 0 Å². The molecular formula is C16H22N2. The third-order valence-electron chi connectivity index (χ3n) is 3.22. The normalized spacial score (nSPS) is 10.8. The third kappa shape index (κ3) is 2.63. The highest BCUT2D eigenvalue weighted by atomic mass is 15.0. The van der Waals surface area contributed by atoms with Crippen LogP contribution in [0.25, 0.3) is 10.9 Å². The smallest absolute Gasteiger partial charge is 0.129 e. The maximum absolute atomic E-state index is 4.73. The van der Waals surface area contributed by atoms with Gasteiger partial charge in [0.05, 0.1) is 5.52 Å². The van der Waals surface area contributed by atoms with Crippen molar-refractivity contribution in [3.63, 3.8) is 0 Å². The van der Waals surface area contributed by atoms with E-state index < -0.39 is 0 Å². The van der Waals surface area contributed by atoms with Gasteiger partial charge in [0.15, 0.2) is 0 Å². The summed E-state index contributed by atoms with van der Waals surface area (Å²) in [5.74, 6) is 1.04. The first-order valence-corrected chi connectivity index (χ1v) is 6.94. The fourth-order valence-electron chi connectivity index (χ4n) is 2.30. The highest BCUT2D eigenvalue weighted by molar-refractivity contribution is 5.82. The van der Waals surface area contributed by atoms with Crippen LogP contribution in [0.4, 0.5) is 5.82 Å². The largest absolute Gasteiger partial charge is 0.370 e. The number of aryl methyl sites for hydroxylation is 2. The molecule has 2 rings (SSSR count). The monoisotopic (exact) mass is 242 g/mol. The molecule has 0 radical (unpaired) electrons. The highest BCUT2D eigenvalue weighted by Gasteiger charge is 2.05. The molecule has 18 heavy (non-hydrogen) atoms. The Balaban J connectivity index is 2.49. The Morgan fingerprint density at radius 1 is 1.11 bits per heavy atom. The summed E-state index contributed by atoms with van der Waals surface area (Å²) in [6.45, 7) is 7.42. The number of fused-ring (bicyclic) bond motifs is 1. The minimum atomic E-state index is 0.916. The first-order chi connectivity index (χ1) is 8.78. The van der Waals surface area contributed by atoms with Gasteiger partial charge in [0.1, 0.15) is 5.82 Å². The number of benzene rings is 1. The highest BCUT2D eigenvalue weighted by Crippen LogP contribution is 2.22. The molecule has 0 atom stereocenters. The molecule has 0 aliphatic carbocycles. The van der Waals surface area contributed by atoms with Crippen LogP contribution in [0.2, 0.25) is 0 Å². The van der Waals surface area contributed by atoms with E-state index in [0.717, 1.165) is 30.7 Å². The van der Waals surface area contributed by atoms with Crippen LogP contribution in [0.5, 0.6) is 0 Å². The fourth-order valence-corrected chi connectivity index (χ4v) is 2.30. The van der Waals surface area contributed by atoms with Gasteiger partial charge in [0.2, 0.25) is 0 Å². The molecule has 0 saturated heterocycles. The molecule has 0 spiro atoms. The lowest BCUT2D eigenvalue weighted by Crippen LogP contribution is -2.03. The molecule has 1 N–H and O–H groups in total. The first kappa shape index (κ1) is 12.9. The molecular weight excluding hydrogens is 220 g/mol.